The molecule has 0 spiro atoms. The van der Waals surface area contributed by atoms with Gasteiger partial charge in [-0.25, -0.2) is 4.79 Å². The van der Waals surface area contributed by atoms with Crippen molar-refractivity contribution < 1.29 is 24.1 Å². The molecule has 0 aliphatic rings. The summed E-state index contributed by atoms with van der Waals surface area (Å²) >= 11 is 6.48. The number of benzene rings is 3. The zero-order valence-electron chi connectivity index (χ0n) is 17.6. The van der Waals surface area contributed by atoms with Gasteiger partial charge in [-0.1, -0.05) is 41.4 Å². The highest BCUT2D eigenvalue weighted by molar-refractivity contribution is 6.32. The summed E-state index contributed by atoms with van der Waals surface area (Å²) in [5.41, 5.74) is 3.76. The van der Waals surface area contributed by atoms with Crippen LogP contribution in [-0.2, 0) is 13.2 Å². The summed E-state index contributed by atoms with van der Waals surface area (Å²) in [5.74, 6) is 0.523. The van der Waals surface area contributed by atoms with Crippen LogP contribution in [0, 0.1) is 6.92 Å². The fraction of sp³-hybridized carbons (Fsp3) is 0.208. The molecule has 0 bridgehead atoms. The van der Waals surface area contributed by atoms with Crippen molar-refractivity contribution in [3.63, 3.8) is 0 Å². The summed E-state index contributed by atoms with van der Waals surface area (Å²) in [7, 11) is 3.09. The van der Waals surface area contributed by atoms with E-state index in [-0.39, 0.29) is 5.56 Å². The van der Waals surface area contributed by atoms with Crippen LogP contribution in [0.2, 0.25) is 5.02 Å². The van der Waals surface area contributed by atoms with Gasteiger partial charge in [0.25, 0.3) is 0 Å². The lowest BCUT2D eigenvalue weighted by Gasteiger charge is -2.16. The molecule has 3 aromatic carbocycles. The number of carbonyl (C=O) groups is 1. The molecule has 2 N–H and O–H groups in total. The highest BCUT2D eigenvalue weighted by Crippen LogP contribution is 2.37. The molecular formula is C24H24ClNO5. The van der Waals surface area contributed by atoms with Crippen molar-refractivity contribution >= 4 is 23.3 Å². The number of rotatable bonds is 9. The van der Waals surface area contributed by atoms with E-state index in [9.17, 15) is 9.90 Å². The molecule has 0 radical (unpaired) electrons. The minimum atomic E-state index is -1.01. The van der Waals surface area contributed by atoms with Gasteiger partial charge in [0.2, 0.25) is 0 Å². The minimum absolute atomic E-state index is 0.166. The maximum Gasteiger partial charge on any atom is 0.335 e. The fourth-order valence-electron chi connectivity index (χ4n) is 3.15. The van der Waals surface area contributed by atoms with Crippen LogP contribution in [0.3, 0.4) is 0 Å². The van der Waals surface area contributed by atoms with E-state index < -0.39 is 5.97 Å². The Morgan fingerprint density at radius 1 is 1.00 bits per heavy atom. The summed E-state index contributed by atoms with van der Waals surface area (Å²) in [6.45, 7) is 2.78. The first-order valence-electron chi connectivity index (χ1n) is 9.61. The lowest BCUT2D eigenvalue weighted by Crippen LogP contribution is -2.05. The van der Waals surface area contributed by atoms with Gasteiger partial charge in [-0.3, -0.25) is 0 Å². The molecule has 6 nitrogen and oxygen atoms in total. The Morgan fingerprint density at radius 3 is 2.45 bits per heavy atom. The van der Waals surface area contributed by atoms with Gasteiger partial charge in [0.05, 0.1) is 30.5 Å². The van der Waals surface area contributed by atoms with E-state index in [0.717, 1.165) is 16.7 Å². The maximum atomic E-state index is 11.3. The average Bonchev–Trinajstić information content (AvgIpc) is 2.76. The van der Waals surface area contributed by atoms with Gasteiger partial charge >= 0.3 is 5.97 Å². The average molecular weight is 442 g/mol. The Morgan fingerprint density at radius 2 is 1.77 bits per heavy atom. The molecule has 0 atom stereocenters. The predicted molar refractivity (Wildman–Crippen MR) is 121 cm³/mol. The number of aryl methyl sites for hydroxylation is 1. The van der Waals surface area contributed by atoms with Crippen LogP contribution in [0.4, 0.5) is 5.69 Å². The van der Waals surface area contributed by atoms with E-state index >= 15 is 0 Å². The SMILES string of the molecule is COc1ccc(C(=O)O)cc1NCc1cc(Cl)c(OCc2cccc(C)c2)c(OC)c1. The molecule has 3 aromatic rings. The summed E-state index contributed by atoms with van der Waals surface area (Å²) < 4.78 is 16.7. The molecule has 0 saturated carbocycles. The fourth-order valence-corrected chi connectivity index (χ4v) is 3.44. The number of carboxylic acids is 1. The van der Waals surface area contributed by atoms with Crippen LogP contribution in [0.1, 0.15) is 27.0 Å². The monoisotopic (exact) mass is 441 g/mol. The number of aromatic carboxylic acids is 1. The number of hydrogen-bond acceptors (Lipinski definition) is 5. The lowest BCUT2D eigenvalue weighted by molar-refractivity contribution is 0.0697. The molecule has 0 saturated heterocycles. The van der Waals surface area contributed by atoms with Crippen molar-refractivity contribution in [3.05, 3.63) is 81.9 Å². The summed E-state index contributed by atoms with van der Waals surface area (Å²) in [4.78, 5) is 11.3. The normalized spacial score (nSPS) is 10.5. The van der Waals surface area contributed by atoms with E-state index in [2.05, 4.69) is 11.4 Å². The van der Waals surface area contributed by atoms with Crippen LogP contribution in [0.15, 0.2) is 54.6 Å². The number of ether oxygens (including phenoxy) is 3. The van der Waals surface area contributed by atoms with Gasteiger partial charge in [0.1, 0.15) is 12.4 Å². The van der Waals surface area contributed by atoms with Crippen molar-refractivity contribution in [3.8, 4) is 17.2 Å². The zero-order valence-corrected chi connectivity index (χ0v) is 18.3. The summed E-state index contributed by atoms with van der Waals surface area (Å²) in [6.07, 6.45) is 0. The molecule has 0 aromatic heterocycles. The molecule has 0 aliphatic carbocycles. The number of anilines is 1. The second-order valence-electron chi connectivity index (χ2n) is 6.96. The molecule has 0 amide bonds. The topological polar surface area (TPSA) is 77.0 Å². The number of carboxylic acid groups (broad SMARTS) is 1. The van der Waals surface area contributed by atoms with Gasteiger partial charge in [-0.2, -0.15) is 0 Å². The first-order chi connectivity index (χ1) is 14.9. The second kappa shape index (κ2) is 10.1. The molecule has 162 valence electrons. The van der Waals surface area contributed by atoms with Crippen LogP contribution < -0.4 is 19.5 Å². The standard InChI is InChI=1S/C24H24ClNO5/c1-15-5-4-6-16(9-15)14-31-23-19(25)10-17(11-22(23)30-3)13-26-20-12-18(24(27)28)7-8-21(20)29-2/h4-12,26H,13-14H2,1-3H3,(H,27,28). The Balaban J connectivity index is 1.77. The Kier molecular flexibility index (Phi) is 7.26. The van der Waals surface area contributed by atoms with Crippen molar-refractivity contribution in [2.75, 3.05) is 19.5 Å². The maximum absolute atomic E-state index is 11.3. The van der Waals surface area contributed by atoms with Crippen molar-refractivity contribution in [2.24, 2.45) is 0 Å². The molecule has 7 heteroatoms. The van der Waals surface area contributed by atoms with Crippen LogP contribution in [0.25, 0.3) is 0 Å². The van der Waals surface area contributed by atoms with Gasteiger partial charge in [0, 0.05) is 6.54 Å². The van der Waals surface area contributed by atoms with Gasteiger partial charge < -0.3 is 24.6 Å². The Labute approximate surface area is 186 Å². The predicted octanol–water partition coefficient (Wildman–Crippen LogP) is 5.55. The highest BCUT2D eigenvalue weighted by atomic mass is 35.5. The molecule has 0 fully saturated rings. The molecule has 31 heavy (non-hydrogen) atoms. The first-order valence-corrected chi connectivity index (χ1v) is 9.99. The Hall–Kier alpha value is -3.38. The number of halogens is 1. The van der Waals surface area contributed by atoms with Crippen LogP contribution in [-0.4, -0.2) is 25.3 Å². The van der Waals surface area contributed by atoms with E-state index in [0.29, 0.717) is 41.1 Å². The van der Waals surface area contributed by atoms with Crippen LogP contribution >= 0.6 is 11.6 Å². The van der Waals surface area contributed by atoms with Crippen molar-refractivity contribution in [2.45, 2.75) is 20.1 Å². The lowest BCUT2D eigenvalue weighted by atomic mass is 10.1. The van der Waals surface area contributed by atoms with E-state index in [4.69, 9.17) is 25.8 Å². The molecule has 0 unspecified atom stereocenters. The highest BCUT2D eigenvalue weighted by Gasteiger charge is 2.14. The molecular weight excluding hydrogens is 418 g/mol. The third-order valence-electron chi connectivity index (χ3n) is 4.68. The van der Waals surface area contributed by atoms with Gasteiger partial charge in [-0.05, 0) is 48.4 Å². The molecule has 0 aliphatic heterocycles. The quantitative estimate of drug-likeness (QED) is 0.453. The van der Waals surface area contributed by atoms with Crippen molar-refractivity contribution in [1.29, 1.82) is 0 Å². The molecule has 3 rings (SSSR count). The minimum Gasteiger partial charge on any atom is -0.495 e. The van der Waals surface area contributed by atoms with Gasteiger partial charge in [-0.15, -0.1) is 0 Å². The Bertz CT molecular complexity index is 1080. The smallest absolute Gasteiger partial charge is 0.335 e. The zero-order chi connectivity index (χ0) is 22.4. The number of hydrogen-bond donors (Lipinski definition) is 2. The summed E-state index contributed by atoms with van der Waals surface area (Å²) in [6, 6.07) is 16.3. The number of methoxy groups -OCH3 is 2. The second-order valence-corrected chi connectivity index (χ2v) is 7.37. The van der Waals surface area contributed by atoms with Crippen molar-refractivity contribution in [1.82, 2.24) is 0 Å². The molecule has 0 heterocycles. The largest absolute Gasteiger partial charge is 0.495 e. The van der Waals surface area contributed by atoms with E-state index in [1.54, 1.807) is 19.2 Å². The number of nitrogens with one attached hydrogen (secondary N) is 1. The third kappa shape index (κ3) is 5.61. The van der Waals surface area contributed by atoms with Crippen LogP contribution in [0.5, 0.6) is 17.2 Å². The third-order valence-corrected chi connectivity index (χ3v) is 4.97. The summed E-state index contributed by atoms with van der Waals surface area (Å²) in [5, 5.41) is 12.8. The van der Waals surface area contributed by atoms with Gasteiger partial charge in [0.15, 0.2) is 11.5 Å². The first kappa shape index (κ1) is 22.3. The van der Waals surface area contributed by atoms with E-state index in [1.165, 1.54) is 19.2 Å². The van der Waals surface area contributed by atoms with E-state index in [1.807, 2.05) is 31.2 Å².